The molecule has 1 heterocycles. The minimum Gasteiger partial charge on any atom is -0.369 e. The van der Waals surface area contributed by atoms with Crippen LogP contribution in [0.3, 0.4) is 0 Å². The molecule has 0 aliphatic rings. The Kier molecular flexibility index (Phi) is 7.52. The summed E-state index contributed by atoms with van der Waals surface area (Å²) in [7, 11) is 0. The van der Waals surface area contributed by atoms with Crippen molar-refractivity contribution in [1.82, 2.24) is 9.55 Å². The van der Waals surface area contributed by atoms with Crippen LogP contribution in [0.5, 0.6) is 0 Å². The van der Waals surface area contributed by atoms with Crippen molar-refractivity contribution in [2.45, 2.75) is 77.2 Å². The first-order chi connectivity index (χ1) is 11.9. The highest BCUT2D eigenvalue weighted by Gasteiger charge is 2.33. The minimum atomic E-state index is -4.54. The van der Waals surface area contributed by atoms with Gasteiger partial charge in [0.25, 0.3) is 5.56 Å². The Bertz CT molecular complexity index is 633. The van der Waals surface area contributed by atoms with Crippen LogP contribution in [0, 0.1) is 0 Å². The van der Waals surface area contributed by atoms with E-state index in [2.05, 4.69) is 4.98 Å². The molecule has 0 aliphatic carbocycles. The third-order valence-electron chi connectivity index (χ3n) is 4.04. The summed E-state index contributed by atoms with van der Waals surface area (Å²) in [5, 5.41) is 0. The predicted octanol–water partition coefficient (Wildman–Crippen LogP) is 4.57. The van der Waals surface area contributed by atoms with Gasteiger partial charge in [-0.05, 0) is 25.7 Å². The molecule has 0 radical (unpaired) electrons. The molecule has 150 valence electrons. The second-order valence-corrected chi connectivity index (χ2v) is 6.14. The molecule has 0 bridgehead atoms. The lowest BCUT2D eigenvalue weighted by Crippen LogP contribution is -2.33. The molecule has 4 nitrogen and oxygen atoms in total. The van der Waals surface area contributed by atoms with Gasteiger partial charge in [-0.15, -0.1) is 0 Å². The fraction of sp³-hybridized carbons (Fsp3) is 0.750. The summed E-state index contributed by atoms with van der Waals surface area (Å²) in [6.45, 7) is 3.56. The van der Waals surface area contributed by atoms with E-state index in [0.717, 1.165) is 4.57 Å². The van der Waals surface area contributed by atoms with Crippen molar-refractivity contribution in [1.29, 1.82) is 0 Å². The van der Waals surface area contributed by atoms with Crippen molar-refractivity contribution in [2.75, 3.05) is 5.73 Å². The lowest BCUT2D eigenvalue weighted by Gasteiger charge is -2.24. The summed E-state index contributed by atoms with van der Waals surface area (Å²) in [6, 6.07) is -1.32. The molecule has 0 fully saturated rings. The number of anilines is 1. The number of nitrogen functional groups attached to an aromatic ring is 1. The monoisotopic (exact) mass is 387 g/mol. The Morgan fingerprint density at radius 1 is 1.04 bits per heavy atom. The maximum absolute atomic E-state index is 12.7. The van der Waals surface area contributed by atoms with E-state index in [4.69, 9.17) is 5.73 Å². The van der Waals surface area contributed by atoms with Crippen LogP contribution >= 0.6 is 0 Å². The molecule has 10 heteroatoms. The second kappa shape index (κ2) is 8.77. The molecule has 2 N–H and O–H groups in total. The Morgan fingerprint density at radius 3 is 1.92 bits per heavy atom. The van der Waals surface area contributed by atoms with E-state index in [-0.39, 0.29) is 5.95 Å². The van der Waals surface area contributed by atoms with Gasteiger partial charge in [0.1, 0.15) is 0 Å². The molecule has 1 aromatic rings. The summed E-state index contributed by atoms with van der Waals surface area (Å²) in [5.74, 6) is -0.346. The van der Waals surface area contributed by atoms with Crippen molar-refractivity contribution in [3.8, 4) is 0 Å². The molecule has 1 rings (SSSR count). The fourth-order valence-electron chi connectivity index (χ4n) is 2.84. The van der Waals surface area contributed by atoms with Crippen molar-refractivity contribution in [3.63, 3.8) is 0 Å². The first-order valence-electron chi connectivity index (χ1n) is 8.42. The Labute approximate surface area is 147 Å². The van der Waals surface area contributed by atoms with Gasteiger partial charge >= 0.3 is 12.4 Å². The van der Waals surface area contributed by atoms with E-state index in [1.165, 1.54) is 0 Å². The topological polar surface area (TPSA) is 60.9 Å². The normalized spacial score (nSPS) is 12.8. The number of halogens is 6. The third-order valence-corrected chi connectivity index (χ3v) is 4.04. The van der Waals surface area contributed by atoms with Crippen molar-refractivity contribution in [2.24, 2.45) is 0 Å². The first-order valence-corrected chi connectivity index (χ1v) is 8.42. The Balaban J connectivity index is 3.34. The van der Waals surface area contributed by atoms with Crippen LogP contribution in [0.4, 0.5) is 32.3 Å². The zero-order valence-electron chi connectivity index (χ0n) is 14.7. The first kappa shape index (κ1) is 22.3. The van der Waals surface area contributed by atoms with E-state index < -0.39 is 49.6 Å². The van der Waals surface area contributed by atoms with Crippen LogP contribution in [0.15, 0.2) is 4.79 Å². The van der Waals surface area contributed by atoms with Crippen LogP contribution in [0.2, 0.25) is 0 Å². The highest BCUT2D eigenvalue weighted by atomic mass is 19.4. The SMILES string of the molecule is CCCc1c(CC)nc(N)n(C(CCC(F)(F)F)CCC(F)(F)F)c1=O. The average Bonchev–Trinajstić information content (AvgIpc) is 2.50. The lowest BCUT2D eigenvalue weighted by molar-refractivity contribution is -0.143. The molecule has 0 unspecified atom stereocenters. The highest BCUT2D eigenvalue weighted by molar-refractivity contribution is 5.28. The maximum atomic E-state index is 12.7. The molecule has 0 atom stereocenters. The molecule has 0 saturated carbocycles. The molecule has 1 aromatic heterocycles. The van der Waals surface area contributed by atoms with Crippen LogP contribution in [0.1, 0.15) is 63.3 Å². The van der Waals surface area contributed by atoms with E-state index >= 15 is 0 Å². The standard InChI is InChI=1S/C16H23F6N3O/c1-3-5-11-12(4-2)24-14(23)25(13(11)26)10(6-8-15(17,18)19)7-9-16(20,21)22/h10H,3-9H2,1-2H3,(H2,23,24). The number of nitrogens with zero attached hydrogens (tertiary/aromatic N) is 2. The van der Waals surface area contributed by atoms with Gasteiger partial charge in [-0.1, -0.05) is 20.3 Å². The van der Waals surface area contributed by atoms with Gasteiger partial charge in [-0.2, -0.15) is 26.3 Å². The molecule has 26 heavy (non-hydrogen) atoms. The predicted molar refractivity (Wildman–Crippen MR) is 85.9 cm³/mol. The summed E-state index contributed by atoms with van der Waals surface area (Å²) in [5.41, 5.74) is 5.81. The quantitative estimate of drug-likeness (QED) is 0.665. The van der Waals surface area contributed by atoms with Crippen molar-refractivity contribution < 1.29 is 26.3 Å². The van der Waals surface area contributed by atoms with Crippen LogP contribution in [-0.4, -0.2) is 21.9 Å². The smallest absolute Gasteiger partial charge is 0.369 e. The largest absolute Gasteiger partial charge is 0.389 e. The number of alkyl halides is 6. The molecule has 0 aromatic carbocycles. The molecule has 0 spiro atoms. The van der Waals surface area contributed by atoms with Gasteiger partial charge in [0.15, 0.2) is 0 Å². The molecule has 0 amide bonds. The third kappa shape index (κ3) is 6.53. The van der Waals surface area contributed by atoms with Crippen LogP contribution in [-0.2, 0) is 12.8 Å². The average molecular weight is 387 g/mol. The fourth-order valence-corrected chi connectivity index (χ4v) is 2.84. The number of hydrogen-bond donors (Lipinski definition) is 1. The van der Waals surface area contributed by atoms with E-state index in [1.807, 2.05) is 6.92 Å². The van der Waals surface area contributed by atoms with Gasteiger partial charge in [-0.3, -0.25) is 9.36 Å². The number of nitrogens with two attached hydrogens (primary N) is 1. The highest BCUT2D eigenvalue weighted by Crippen LogP contribution is 2.32. The number of aromatic nitrogens is 2. The minimum absolute atomic E-state index is 0.299. The number of hydrogen-bond acceptors (Lipinski definition) is 3. The van der Waals surface area contributed by atoms with E-state index in [9.17, 15) is 31.1 Å². The number of rotatable bonds is 8. The zero-order chi connectivity index (χ0) is 20.1. The van der Waals surface area contributed by atoms with E-state index in [0.29, 0.717) is 30.5 Å². The lowest BCUT2D eigenvalue weighted by atomic mass is 10.0. The number of aryl methyl sites for hydroxylation is 1. The van der Waals surface area contributed by atoms with Gasteiger partial charge in [-0.25, -0.2) is 4.98 Å². The summed E-state index contributed by atoms with van der Waals surface area (Å²) >= 11 is 0. The van der Waals surface area contributed by atoms with Crippen molar-refractivity contribution >= 4 is 5.95 Å². The van der Waals surface area contributed by atoms with Gasteiger partial charge in [0.2, 0.25) is 5.95 Å². The van der Waals surface area contributed by atoms with Gasteiger partial charge in [0, 0.05) is 24.4 Å². The van der Waals surface area contributed by atoms with Gasteiger partial charge < -0.3 is 5.73 Å². The Hall–Kier alpha value is -1.74. The van der Waals surface area contributed by atoms with E-state index in [1.54, 1.807) is 6.92 Å². The van der Waals surface area contributed by atoms with Crippen LogP contribution in [0.25, 0.3) is 0 Å². The summed E-state index contributed by atoms with van der Waals surface area (Å²) in [4.78, 5) is 16.8. The molecule has 0 aliphatic heterocycles. The summed E-state index contributed by atoms with van der Waals surface area (Å²) < 4.78 is 76.2. The van der Waals surface area contributed by atoms with Crippen LogP contribution < -0.4 is 11.3 Å². The molecular formula is C16H23F6N3O. The molecular weight excluding hydrogens is 364 g/mol. The molecule has 0 saturated heterocycles. The summed E-state index contributed by atoms with van der Waals surface area (Å²) in [6.07, 6.45) is -11.7. The Morgan fingerprint density at radius 2 is 1.54 bits per heavy atom. The second-order valence-electron chi connectivity index (χ2n) is 6.14. The zero-order valence-corrected chi connectivity index (χ0v) is 14.7. The maximum Gasteiger partial charge on any atom is 0.389 e. The van der Waals surface area contributed by atoms with Gasteiger partial charge in [0.05, 0.1) is 5.69 Å². The van der Waals surface area contributed by atoms with Crippen molar-refractivity contribution in [3.05, 3.63) is 21.6 Å².